The number of furan rings is 1. The van der Waals surface area contributed by atoms with Crippen LogP contribution >= 0.6 is 0 Å². The maximum atomic E-state index is 5.24. The minimum absolute atomic E-state index is 0.519. The van der Waals surface area contributed by atoms with Crippen LogP contribution in [0.2, 0.25) is 0 Å². The van der Waals surface area contributed by atoms with E-state index in [9.17, 15) is 0 Å². The highest BCUT2D eigenvalue weighted by Gasteiger charge is 2.09. The number of hydrogen-bond acceptors (Lipinski definition) is 5. The minimum atomic E-state index is 0.519. The van der Waals surface area contributed by atoms with E-state index in [2.05, 4.69) is 15.1 Å². The molecule has 0 N–H and O–H groups in total. The molecule has 3 rings (SSSR count). The fourth-order valence-corrected chi connectivity index (χ4v) is 1.64. The van der Waals surface area contributed by atoms with Crippen LogP contribution in [0.25, 0.3) is 11.5 Å². The van der Waals surface area contributed by atoms with Crippen molar-refractivity contribution < 1.29 is 8.94 Å². The summed E-state index contributed by atoms with van der Waals surface area (Å²) >= 11 is 0. The monoisotopic (exact) mass is 241 g/mol. The smallest absolute Gasteiger partial charge is 0.227 e. The van der Waals surface area contributed by atoms with E-state index < -0.39 is 0 Å². The number of aryl methyl sites for hydroxylation is 2. The molecule has 0 aliphatic rings. The summed E-state index contributed by atoms with van der Waals surface area (Å²) in [5.74, 6) is 2.02. The van der Waals surface area contributed by atoms with Crippen LogP contribution in [0.5, 0.6) is 0 Å². The SMILES string of the molecule is c1ccc(-c2noc(CCc3ccco3)n2)nc1. The van der Waals surface area contributed by atoms with Gasteiger partial charge in [0.05, 0.1) is 6.26 Å². The van der Waals surface area contributed by atoms with E-state index in [0.29, 0.717) is 23.8 Å². The minimum Gasteiger partial charge on any atom is -0.469 e. The average molecular weight is 241 g/mol. The largest absolute Gasteiger partial charge is 0.469 e. The van der Waals surface area contributed by atoms with Crippen LogP contribution in [0.1, 0.15) is 11.7 Å². The summed E-state index contributed by atoms with van der Waals surface area (Å²) in [6.45, 7) is 0. The molecular weight excluding hydrogens is 230 g/mol. The summed E-state index contributed by atoms with van der Waals surface area (Å²) in [4.78, 5) is 8.47. The Hall–Kier alpha value is -2.43. The number of aromatic nitrogens is 3. The lowest BCUT2D eigenvalue weighted by molar-refractivity contribution is 0.374. The summed E-state index contributed by atoms with van der Waals surface area (Å²) < 4.78 is 10.4. The molecule has 0 aliphatic carbocycles. The Labute approximate surface area is 103 Å². The molecule has 0 saturated carbocycles. The van der Waals surface area contributed by atoms with Gasteiger partial charge in [0.2, 0.25) is 11.7 Å². The molecule has 0 radical (unpaired) electrons. The molecule has 90 valence electrons. The van der Waals surface area contributed by atoms with Crippen LogP contribution in [-0.2, 0) is 12.8 Å². The lowest BCUT2D eigenvalue weighted by atomic mass is 10.2. The van der Waals surface area contributed by atoms with Gasteiger partial charge in [0.1, 0.15) is 11.5 Å². The van der Waals surface area contributed by atoms with Gasteiger partial charge < -0.3 is 8.94 Å². The van der Waals surface area contributed by atoms with E-state index in [1.165, 1.54) is 0 Å². The van der Waals surface area contributed by atoms with E-state index in [1.807, 2.05) is 30.3 Å². The Morgan fingerprint density at radius 2 is 2.06 bits per heavy atom. The maximum absolute atomic E-state index is 5.24. The van der Waals surface area contributed by atoms with Gasteiger partial charge in [0.25, 0.3) is 0 Å². The van der Waals surface area contributed by atoms with Crippen molar-refractivity contribution in [3.63, 3.8) is 0 Å². The van der Waals surface area contributed by atoms with E-state index in [0.717, 1.165) is 12.2 Å². The van der Waals surface area contributed by atoms with E-state index in [-0.39, 0.29) is 0 Å². The van der Waals surface area contributed by atoms with Crippen molar-refractivity contribution in [2.24, 2.45) is 0 Å². The highest BCUT2D eigenvalue weighted by atomic mass is 16.5. The van der Waals surface area contributed by atoms with Crippen molar-refractivity contribution in [2.75, 3.05) is 0 Å². The van der Waals surface area contributed by atoms with E-state index >= 15 is 0 Å². The first-order valence-corrected chi connectivity index (χ1v) is 5.68. The molecule has 0 unspecified atom stereocenters. The molecule has 0 bridgehead atoms. The standard InChI is InChI=1S/C13H11N3O2/c1-2-8-14-11(5-1)13-15-12(18-16-13)7-6-10-4-3-9-17-10/h1-5,8-9H,6-7H2. The van der Waals surface area contributed by atoms with Gasteiger partial charge in [-0.25, -0.2) is 0 Å². The van der Waals surface area contributed by atoms with Crippen molar-refractivity contribution >= 4 is 0 Å². The fourth-order valence-electron chi connectivity index (χ4n) is 1.64. The molecule has 3 aromatic heterocycles. The zero-order chi connectivity index (χ0) is 12.2. The third-order valence-electron chi connectivity index (χ3n) is 2.53. The van der Waals surface area contributed by atoms with Crippen molar-refractivity contribution in [1.29, 1.82) is 0 Å². The van der Waals surface area contributed by atoms with Crippen molar-refractivity contribution in [3.8, 4) is 11.5 Å². The summed E-state index contributed by atoms with van der Waals surface area (Å²) in [6, 6.07) is 9.38. The van der Waals surface area contributed by atoms with Gasteiger partial charge in [-0.15, -0.1) is 0 Å². The lowest BCUT2D eigenvalue weighted by Gasteiger charge is -1.91. The van der Waals surface area contributed by atoms with Crippen LogP contribution in [0.15, 0.2) is 51.7 Å². The number of rotatable bonds is 4. The topological polar surface area (TPSA) is 65.0 Å². The quantitative estimate of drug-likeness (QED) is 0.702. The number of hydrogen-bond donors (Lipinski definition) is 0. The molecule has 0 aromatic carbocycles. The Kier molecular flexibility index (Phi) is 2.87. The predicted octanol–water partition coefficient (Wildman–Crippen LogP) is 2.51. The molecule has 0 fully saturated rings. The van der Waals surface area contributed by atoms with Gasteiger partial charge in [-0.05, 0) is 24.3 Å². The van der Waals surface area contributed by atoms with E-state index in [4.69, 9.17) is 8.94 Å². The van der Waals surface area contributed by atoms with Gasteiger partial charge in [-0.3, -0.25) is 4.98 Å². The molecule has 3 heterocycles. The summed E-state index contributed by atoms with van der Waals surface area (Å²) in [5.41, 5.74) is 0.713. The number of nitrogens with zero attached hydrogens (tertiary/aromatic N) is 3. The first kappa shape index (κ1) is 10.7. The van der Waals surface area contributed by atoms with Gasteiger partial charge in [0.15, 0.2) is 0 Å². The maximum Gasteiger partial charge on any atom is 0.227 e. The van der Waals surface area contributed by atoms with Crippen LogP contribution in [0.4, 0.5) is 0 Å². The molecular formula is C13H11N3O2. The second-order valence-corrected chi connectivity index (χ2v) is 3.81. The molecule has 0 saturated heterocycles. The van der Waals surface area contributed by atoms with Gasteiger partial charge in [-0.1, -0.05) is 11.2 Å². The van der Waals surface area contributed by atoms with Gasteiger partial charge in [0, 0.05) is 19.0 Å². The van der Waals surface area contributed by atoms with Crippen LogP contribution in [0, 0.1) is 0 Å². The first-order chi connectivity index (χ1) is 8.92. The second kappa shape index (κ2) is 4.83. The summed E-state index contributed by atoms with van der Waals surface area (Å²) in [6.07, 6.45) is 4.76. The molecule has 0 atom stereocenters. The zero-order valence-electron chi connectivity index (χ0n) is 9.61. The zero-order valence-corrected chi connectivity index (χ0v) is 9.61. The van der Waals surface area contributed by atoms with Crippen molar-refractivity contribution in [2.45, 2.75) is 12.8 Å². The van der Waals surface area contributed by atoms with Gasteiger partial charge in [-0.2, -0.15) is 4.98 Å². The third-order valence-corrected chi connectivity index (χ3v) is 2.53. The van der Waals surface area contributed by atoms with Crippen molar-refractivity contribution in [3.05, 3.63) is 54.4 Å². The number of pyridine rings is 1. The summed E-state index contributed by atoms with van der Waals surface area (Å²) in [5, 5.41) is 3.91. The fraction of sp³-hybridized carbons (Fsp3) is 0.154. The predicted molar refractivity (Wildman–Crippen MR) is 63.6 cm³/mol. The highest BCUT2D eigenvalue weighted by molar-refractivity contribution is 5.46. The Balaban J connectivity index is 1.70. The van der Waals surface area contributed by atoms with Crippen LogP contribution in [0.3, 0.4) is 0 Å². The average Bonchev–Trinajstić information content (AvgIpc) is 3.09. The van der Waals surface area contributed by atoms with Crippen molar-refractivity contribution in [1.82, 2.24) is 15.1 Å². The molecule has 5 heteroatoms. The molecule has 18 heavy (non-hydrogen) atoms. The highest BCUT2D eigenvalue weighted by Crippen LogP contribution is 2.13. The second-order valence-electron chi connectivity index (χ2n) is 3.81. The molecule has 3 aromatic rings. The third kappa shape index (κ3) is 2.29. The molecule has 5 nitrogen and oxygen atoms in total. The van der Waals surface area contributed by atoms with E-state index in [1.54, 1.807) is 12.5 Å². The normalized spacial score (nSPS) is 10.7. The molecule has 0 aliphatic heterocycles. The Bertz CT molecular complexity index is 602. The lowest BCUT2D eigenvalue weighted by Crippen LogP contribution is -1.90. The van der Waals surface area contributed by atoms with Gasteiger partial charge >= 0.3 is 0 Å². The molecule has 0 amide bonds. The van der Waals surface area contributed by atoms with Crippen LogP contribution < -0.4 is 0 Å². The Morgan fingerprint density at radius 1 is 1.06 bits per heavy atom. The Morgan fingerprint density at radius 3 is 2.83 bits per heavy atom. The first-order valence-electron chi connectivity index (χ1n) is 5.68. The summed E-state index contributed by atoms with van der Waals surface area (Å²) in [7, 11) is 0. The molecule has 0 spiro atoms. The van der Waals surface area contributed by atoms with Crippen LogP contribution in [-0.4, -0.2) is 15.1 Å².